The number of hydrogen-bond donors (Lipinski definition) is 0. The summed E-state index contributed by atoms with van der Waals surface area (Å²) in [5.41, 5.74) is -6.94. The van der Waals surface area contributed by atoms with Gasteiger partial charge in [0.1, 0.15) is 11.7 Å². The van der Waals surface area contributed by atoms with E-state index in [9.17, 15) is 24.0 Å². The number of ketones is 1. The van der Waals surface area contributed by atoms with Gasteiger partial charge < -0.3 is 28.4 Å². The van der Waals surface area contributed by atoms with Crippen LogP contribution >= 0.6 is 0 Å². The Morgan fingerprint density at radius 1 is 0.804 bits per heavy atom. The molecule has 2 saturated carbocycles. The van der Waals surface area contributed by atoms with E-state index in [2.05, 4.69) is 0 Å². The number of fused-ring (bicyclic) bond motifs is 1. The molecule has 0 bridgehead atoms. The van der Waals surface area contributed by atoms with Crippen molar-refractivity contribution in [3.63, 3.8) is 0 Å². The van der Waals surface area contributed by atoms with Crippen LogP contribution in [0.3, 0.4) is 0 Å². The van der Waals surface area contributed by atoms with E-state index in [1.54, 1.807) is 63.3 Å². The molecule has 0 spiro atoms. The third-order valence-electron chi connectivity index (χ3n) is 9.82. The van der Waals surface area contributed by atoms with Gasteiger partial charge in [0.2, 0.25) is 5.78 Å². The highest BCUT2D eigenvalue weighted by Gasteiger charge is 2.83. The second kappa shape index (κ2) is 11.3. The third-order valence-corrected chi connectivity index (χ3v) is 9.82. The predicted octanol–water partition coefficient (Wildman–Crippen LogP) is 3.29. The Balaban J connectivity index is 1.88. The number of carbonyl (C=O) groups is 6. The van der Waals surface area contributed by atoms with Crippen molar-refractivity contribution >= 4 is 35.6 Å². The Labute approximate surface area is 267 Å². The molecule has 1 aromatic rings. The zero-order valence-corrected chi connectivity index (χ0v) is 27.2. The van der Waals surface area contributed by atoms with Crippen molar-refractivity contribution in [2.24, 2.45) is 23.7 Å². The molecule has 0 unspecified atom stereocenters. The molecule has 10 atom stereocenters. The van der Waals surface area contributed by atoms with E-state index in [0.717, 1.165) is 20.8 Å². The van der Waals surface area contributed by atoms with Gasteiger partial charge in [-0.3, -0.25) is 24.0 Å². The minimum atomic E-state index is -2.13. The fraction of sp³-hybridized carbons (Fsp3) is 0.588. The van der Waals surface area contributed by atoms with Gasteiger partial charge in [-0.2, -0.15) is 0 Å². The SMILES string of the molecule is CC(=O)O[C@@H]1[C@@H]2[C@@H](OC(C)=O)[C@@]3(OC(C)=O)[C@H]4[C@H](C=C[C@H]3OC(=O)c3ccccc3)C(C)(C)O[C@]4(C)C(=O)[C@@]2(OC(C)=O)C[C@@H]1C. The van der Waals surface area contributed by atoms with Crippen molar-refractivity contribution in [2.45, 2.75) is 103 Å². The first kappa shape index (κ1) is 33.3. The number of ether oxygens (including phenoxy) is 6. The number of Topliss-reactive ketones (excluding diaryl/α,β-unsaturated/α-hetero) is 1. The summed E-state index contributed by atoms with van der Waals surface area (Å²) >= 11 is 0. The van der Waals surface area contributed by atoms with Crippen LogP contribution in [-0.4, -0.2) is 76.3 Å². The normalized spacial score (nSPS) is 38.4. The molecule has 1 aromatic carbocycles. The van der Waals surface area contributed by atoms with Crippen LogP contribution in [-0.2, 0) is 52.4 Å². The topological polar surface area (TPSA) is 158 Å². The number of benzene rings is 1. The Morgan fingerprint density at radius 3 is 1.98 bits per heavy atom. The van der Waals surface area contributed by atoms with Crippen LogP contribution in [0.4, 0.5) is 0 Å². The van der Waals surface area contributed by atoms with Gasteiger partial charge >= 0.3 is 29.8 Å². The van der Waals surface area contributed by atoms with E-state index in [4.69, 9.17) is 28.4 Å². The van der Waals surface area contributed by atoms with Gasteiger partial charge in [-0.05, 0) is 44.9 Å². The molecule has 4 aliphatic rings. The zero-order valence-electron chi connectivity index (χ0n) is 27.2. The average molecular weight is 641 g/mol. The van der Waals surface area contributed by atoms with Crippen LogP contribution in [0.25, 0.3) is 0 Å². The van der Waals surface area contributed by atoms with Gasteiger partial charge in [-0.25, -0.2) is 4.79 Å². The minimum absolute atomic E-state index is 0.124. The van der Waals surface area contributed by atoms with E-state index in [1.165, 1.54) is 13.8 Å². The summed E-state index contributed by atoms with van der Waals surface area (Å²) in [6.45, 7) is 11.4. The number of rotatable bonds is 6. The second-order valence-corrected chi connectivity index (χ2v) is 13.5. The van der Waals surface area contributed by atoms with E-state index >= 15 is 4.79 Å². The van der Waals surface area contributed by atoms with Crippen molar-refractivity contribution in [1.82, 2.24) is 0 Å². The molecule has 12 heteroatoms. The lowest BCUT2D eigenvalue weighted by Gasteiger charge is -2.52. The molecular weight excluding hydrogens is 600 g/mol. The van der Waals surface area contributed by atoms with Crippen LogP contribution in [0.2, 0.25) is 0 Å². The first-order chi connectivity index (χ1) is 21.4. The van der Waals surface area contributed by atoms with Crippen LogP contribution in [0.1, 0.15) is 72.2 Å². The van der Waals surface area contributed by atoms with Gasteiger partial charge in [0.05, 0.1) is 23.0 Å². The monoisotopic (exact) mass is 640 g/mol. The van der Waals surface area contributed by atoms with Gasteiger partial charge in [-0.15, -0.1) is 0 Å². The smallest absolute Gasteiger partial charge is 0.338 e. The van der Waals surface area contributed by atoms with E-state index < -0.39 is 100 Å². The van der Waals surface area contributed by atoms with Crippen LogP contribution in [0.5, 0.6) is 0 Å². The lowest BCUT2D eigenvalue weighted by molar-refractivity contribution is -0.243. The standard InChI is InChI=1S/C34H40O12/c1-17-16-33(44-20(4)37)25(26(17)41-18(2)35)28(42-19(3)36)34(45-21(5)38)24(43-29(39)22-12-10-9-11-13-22)15-14-23-27(34)32(8,30(33)40)46-31(23,6)7/h9-15,17,23-28H,16H2,1-8H3/t17-,23-,24+,25+,26-,27-,28+,32-,33+,34-/m0/s1. The lowest BCUT2D eigenvalue weighted by atomic mass is 9.60. The highest BCUT2D eigenvalue weighted by atomic mass is 16.6. The lowest BCUT2D eigenvalue weighted by Crippen LogP contribution is -2.69. The quantitative estimate of drug-likeness (QED) is 0.254. The maximum absolute atomic E-state index is 15.2. The molecular formula is C34H40O12. The molecule has 0 amide bonds. The largest absolute Gasteiger partial charge is 0.462 e. The molecule has 3 fully saturated rings. The van der Waals surface area contributed by atoms with Crippen molar-refractivity contribution < 1.29 is 57.2 Å². The summed E-state index contributed by atoms with van der Waals surface area (Å²) in [6, 6.07) is 8.12. The van der Waals surface area contributed by atoms with Crippen LogP contribution in [0, 0.1) is 23.7 Å². The fourth-order valence-corrected chi connectivity index (χ4v) is 8.72. The van der Waals surface area contributed by atoms with Crippen molar-refractivity contribution in [3.8, 4) is 0 Å². The van der Waals surface area contributed by atoms with Crippen LogP contribution in [0.15, 0.2) is 42.5 Å². The van der Waals surface area contributed by atoms with Crippen molar-refractivity contribution in [2.75, 3.05) is 0 Å². The molecule has 1 aliphatic heterocycles. The number of hydrogen-bond acceptors (Lipinski definition) is 12. The molecule has 0 N–H and O–H groups in total. The second-order valence-electron chi connectivity index (χ2n) is 13.5. The average Bonchev–Trinajstić information content (AvgIpc) is 3.32. The van der Waals surface area contributed by atoms with E-state index in [0.29, 0.717) is 0 Å². The highest BCUT2D eigenvalue weighted by molar-refractivity contribution is 5.99. The molecule has 0 radical (unpaired) electrons. The van der Waals surface area contributed by atoms with Crippen molar-refractivity contribution in [3.05, 3.63) is 48.0 Å². The molecule has 46 heavy (non-hydrogen) atoms. The third kappa shape index (κ3) is 5.01. The maximum atomic E-state index is 15.2. The Hall–Kier alpha value is -4.06. The highest BCUT2D eigenvalue weighted by Crippen LogP contribution is 2.65. The molecule has 0 aromatic heterocycles. The van der Waals surface area contributed by atoms with Gasteiger partial charge in [0, 0.05) is 40.0 Å². The fourth-order valence-electron chi connectivity index (χ4n) is 8.72. The zero-order chi connectivity index (χ0) is 34.0. The Bertz CT molecular complexity index is 1500. The molecule has 1 heterocycles. The molecule has 3 aliphatic carbocycles. The first-order valence-electron chi connectivity index (χ1n) is 15.3. The first-order valence-corrected chi connectivity index (χ1v) is 15.3. The summed E-state index contributed by atoms with van der Waals surface area (Å²) in [5.74, 6) is -8.44. The number of esters is 5. The maximum Gasteiger partial charge on any atom is 0.338 e. The Morgan fingerprint density at radius 2 is 1.41 bits per heavy atom. The molecule has 12 nitrogen and oxygen atoms in total. The molecule has 1 saturated heterocycles. The van der Waals surface area contributed by atoms with E-state index in [1.807, 2.05) is 0 Å². The molecule has 5 rings (SSSR count). The summed E-state index contributed by atoms with van der Waals surface area (Å²) in [5, 5.41) is 0. The van der Waals surface area contributed by atoms with Crippen molar-refractivity contribution in [1.29, 1.82) is 0 Å². The van der Waals surface area contributed by atoms with Gasteiger partial charge in [-0.1, -0.05) is 31.2 Å². The summed E-state index contributed by atoms with van der Waals surface area (Å²) in [6.07, 6.45) is -1.09. The summed E-state index contributed by atoms with van der Waals surface area (Å²) in [7, 11) is 0. The summed E-state index contributed by atoms with van der Waals surface area (Å²) in [4.78, 5) is 80.5. The van der Waals surface area contributed by atoms with Crippen LogP contribution < -0.4 is 0 Å². The Kier molecular flexibility index (Phi) is 8.20. The van der Waals surface area contributed by atoms with E-state index in [-0.39, 0.29) is 12.0 Å². The number of carbonyl (C=O) groups excluding carboxylic acids is 6. The molecule has 248 valence electrons. The minimum Gasteiger partial charge on any atom is -0.462 e. The summed E-state index contributed by atoms with van der Waals surface area (Å²) < 4.78 is 37.0. The predicted molar refractivity (Wildman–Crippen MR) is 158 cm³/mol. The van der Waals surface area contributed by atoms with Gasteiger partial charge in [0.15, 0.2) is 23.4 Å². The van der Waals surface area contributed by atoms with Gasteiger partial charge in [0.25, 0.3) is 0 Å².